The molecule has 0 amide bonds. The lowest BCUT2D eigenvalue weighted by molar-refractivity contribution is 0.633. The van der Waals surface area contributed by atoms with Crippen LogP contribution in [-0.4, -0.2) is 6.04 Å². The molecule has 0 aliphatic carbocycles. The molecule has 0 heterocycles. The molecule has 0 aliphatic rings. The van der Waals surface area contributed by atoms with E-state index in [0.29, 0.717) is 0 Å². The predicted molar refractivity (Wildman–Crippen MR) is 96.9 cm³/mol. The number of hydrogen-bond acceptors (Lipinski definition) is 2. The Morgan fingerprint density at radius 1 is 1.14 bits per heavy atom. The van der Waals surface area contributed by atoms with Crippen molar-refractivity contribution in [2.75, 3.05) is 0 Å². The summed E-state index contributed by atoms with van der Waals surface area (Å²) in [6.07, 6.45) is 0.962. The van der Waals surface area contributed by atoms with Crippen LogP contribution < -0.4 is 5.73 Å². The van der Waals surface area contributed by atoms with Crippen molar-refractivity contribution in [1.82, 2.24) is 0 Å². The largest absolute Gasteiger partial charge is 0.326 e. The molecule has 3 heteroatoms. The van der Waals surface area contributed by atoms with Crippen molar-refractivity contribution >= 4 is 27.7 Å². The first-order chi connectivity index (χ1) is 10.0. The number of aryl methyl sites for hydroxylation is 2. The van der Waals surface area contributed by atoms with Crippen molar-refractivity contribution in [2.24, 2.45) is 5.73 Å². The SMILES string of the molecule is CCC(N)C(Sc1ccc(C)cc1C)c1ccccc1Br. The lowest BCUT2D eigenvalue weighted by Gasteiger charge is -2.25. The third-order valence-corrected chi connectivity index (χ3v) is 5.95. The van der Waals surface area contributed by atoms with Crippen molar-refractivity contribution in [1.29, 1.82) is 0 Å². The van der Waals surface area contributed by atoms with E-state index in [1.54, 1.807) is 0 Å². The highest BCUT2D eigenvalue weighted by Gasteiger charge is 2.22. The zero-order valence-corrected chi connectivity index (χ0v) is 15.2. The summed E-state index contributed by atoms with van der Waals surface area (Å²) in [4.78, 5) is 1.31. The Bertz CT molecular complexity index is 612. The summed E-state index contributed by atoms with van der Waals surface area (Å²) >= 11 is 5.54. The molecule has 2 aromatic carbocycles. The summed E-state index contributed by atoms with van der Waals surface area (Å²) in [6.45, 7) is 6.45. The van der Waals surface area contributed by atoms with E-state index in [0.717, 1.165) is 10.9 Å². The van der Waals surface area contributed by atoms with E-state index in [9.17, 15) is 0 Å². The van der Waals surface area contributed by atoms with Gasteiger partial charge in [-0.3, -0.25) is 0 Å². The third kappa shape index (κ3) is 4.12. The Hall–Kier alpha value is -0.770. The van der Waals surface area contributed by atoms with E-state index in [4.69, 9.17) is 5.73 Å². The molecule has 2 atom stereocenters. The molecule has 0 aliphatic heterocycles. The van der Waals surface area contributed by atoms with Crippen LogP contribution in [0.2, 0.25) is 0 Å². The zero-order chi connectivity index (χ0) is 15.4. The molecule has 21 heavy (non-hydrogen) atoms. The molecule has 2 N–H and O–H groups in total. The lowest BCUT2D eigenvalue weighted by Crippen LogP contribution is -2.26. The molecule has 2 aromatic rings. The van der Waals surface area contributed by atoms with Gasteiger partial charge in [0.15, 0.2) is 0 Å². The summed E-state index contributed by atoms with van der Waals surface area (Å²) in [5.74, 6) is 0. The minimum atomic E-state index is 0.134. The highest BCUT2D eigenvalue weighted by Crippen LogP contribution is 2.42. The molecule has 2 rings (SSSR count). The van der Waals surface area contributed by atoms with Crippen LogP contribution in [0.25, 0.3) is 0 Å². The summed E-state index contributed by atoms with van der Waals surface area (Å²) in [5, 5.41) is 0.256. The van der Waals surface area contributed by atoms with Crippen molar-refractivity contribution in [3.05, 3.63) is 63.6 Å². The van der Waals surface area contributed by atoms with E-state index >= 15 is 0 Å². The van der Waals surface area contributed by atoms with Gasteiger partial charge in [0, 0.05) is 15.4 Å². The zero-order valence-electron chi connectivity index (χ0n) is 12.8. The molecule has 0 aromatic heterocycles. The quantitative estimate of drug-likeness (QED) is 0.695. The fourth-order valence-corrected chi connectivity index (χ4v) is 4.42. The van der Waals surface area contributed by atoms with Gasteiger partial charge in [0.05, 0.1) is 5.25 Å². The second kappa shape index (κ2) is 7.48. The second-order valence-electron chi connectivity index (χ2n) is 5.40. The number of benzene rings is 2. The predicted octanol–water partition coefficient (Wildman–Crippen LogP) is 5.64. The molecule has 0 fully saturated rings. The molecular weight excluding hydrogens is 342 g/mol. The molecule has 0 saturated carbocycles. The van der Waals surface area contributed by atoms with Gasteiger partial charge in [-0.25, -0.2) is 0 Å². The third-order valence-electron chi connectivity index (χ3n) is 3.66. The fraction of sp³-hybridized carbons (Fsp3) is 0.333. The number of rotatable bonds is 5. The van der Waals surface area contributed by atoms with Crippen LogP contribution in [0.3, 0.4) is 0 Å². The maximum Gasteiger partial charge on any atom is 0.0506 e. The van der Waals surface area contributed by atoms with Gasteiger partial charge in [-0.2, -0.15) is 0 Å². The number of hydrogen-bond donors (Lipinski definition) is 1. The lowest BCUT2D eigenvalue weighted by atomic mass is 10.0. The highest BCUT2D eigenvalue weighted by molar-refractivity contribution is 9.10. The average molecular weight is 364 g/mol. The number of nitrogens with two attached hydrogens (primary N) is 1. The summed E-state index contributed by atoms with van der Waals surface area (Å²) < 4.78 is 1.14. The second-order valence-corrected chi connectivity index (χ2v) is 7.44. The van der Waals surface area contributed by atoms with Gasteiger partial charge in [-0.1, -0.05) is 58.7 Å². The molecule has 0 spiro atoms. The van der Waals surface area contributed by atoms with Crippen LogP contribution in [0.5, 0.6) is 0 Å². The van der Waals surface area contributed by atoms with E-state index in [-0.39, 0.29) is 11.3 Å². The summed E-state index contributed by atoms with van der Waals surface area (Å²) in [7, 11) is 0. The number of halogens is 1. The Labute approximate surface area is 140 Å². The normalized spacial score (nSPS) is 14.0. The van der Waals surface area contributed by atoms with Crippen LogP contribution in [-0.2, 0) is 0 Å². The van der Waals surface area contributed by atoms with Crippen molar-refractivity contribution < 1.29 is 0 Å². The monoisotopic (exact) mass is 363 g/mol. The standard InChI is InChI=1S/C18H22BrNS/c1-4-16(20)18(14-7-5-6-8-15(14)19)21-17-10-9-12(2)11-13(17)3/h5-11,16,18H,4,20H2,1-3H3. The van der Waals surface area contributed by atoms with E-state index in [2.05, 4.69) is 73.1 Å². The molecule has 0 bridgehead atoms. The molecule has 0 saturated heterocycles. The smallest absolute Gasteiger partial charge is 0.0506 e. The van der Waals surface area contributed by atoms with E-state index in [1.165, 1.54) is 21.6 Å². The Morgan fingerprint density at radius 3 is 2.48 bits per heavy atom. The molecule has 0 radical (unpaired) electrons. The first kappa shape index (κ1) is 16.6. The topological polar surface area (TPSA) is 26.0 Å². The molecular formula is C18H22BrNS. The van der Waals surface area contributed by atoms with Crippen LogP contribution in [0.4, 0.5) is 0 Å². The van der Waals surface area contributed by atoms with Gasteiger partial charge >= 0.3 is 0 Å². The highest BCUT2D eigenvalue weighted by atomic mass is 79.9. The maximum absolute atomic E-state index is 6.40. The minimum absolute atomic E-state index is 0.134. The Balaban J connectivity index is 2.35. The first-order valence-corrected chi connectivity index (χ1v) is 8.94. The van der Waals surface area contributed by atoms with E-state index < -0.39 is 0 Å². The van der Waals surface area contributed by atoms with Crippen LogP contribution in [0.1, 0.15) is 35.3 Å². The Kier molecular flexibility index (Phi) is 5.91. The fourth-order valence-electron chi connectivity index (χ4n) is 2.37. The summed E-state index contributed by atoms with van der Waals surface area (Å²) in [6, 6.07) is 15.1. The van der Waals surface area contributed by atoms with Crippen LogP contribution in [0, 0.1) is 13.8 Å². The van der Waals surface area contributed by atoms with Gasteiger partial charge in [0.25, 0.3) is 0 Å². The molecule has 1 nitrogen and oxygen atoms in total. The maximum atomic E-state index is 6.40. The summed E-state index contributed by atoms with van der Waals surface area (Å²) in [5.41, 5.74) is 10.3. The van der Waals surface area contributed by atoms with Gasteiger partial charge in [-0.15, -0.1) is 11.8 Å². The minimum Gasteiger partial charge on any atom is -0.326 e. The Morgan fingerprint density at radius 2 is 1.86 bits per heavy atom. The van der Waals surface area contributed by atoms with Crippen LogP contribution >= 0.6 is 27.7 Å². The van der Waals surface area contributed by atoms with Gasteiger partial charge in [0.1, 0.15) is 0 Å². The van der Waals surface area contributed by atoms with Crippen LogP contribution in [0.15, 0.2) is 51.8 Å². The van der Waals surface area contributed by atoms with Crippen molar-refractivity contribution in [3.63, 3.8) is 0 Å². The first-order valence-electron chi connectivity index (χ1n) is 7.26. The number of thioether (sulfide) groups is 1. The average Bonchev–Trinajstić information content (AvgIpc) is 2.47. The molecule has 112 valence electrons. The van der Waals surface area contributed by atoms with Gasteiger partial charge in [0.2, 0.25) is 0 Å². The van der Waals surface area contributed by atoms with Gasteiger partial charge < -0.3 is 5.73 Å². The van der Waals surface area contributed by atoms with Crippen molar-refractivity contribution in [3.8, 4) is 0 Å². The molecule has 2 unspecified atom stereocenters. The van der Waals surface area contributed by atoms with Crippen molar-refractivity contribution in [2.45, 2.75) is 43.4 Å². The van der Waals surface area contributed by atoms with Gasteiger partial charge in [-0.05, 0) is 43.5 Å². The van der Waals surface area contributed by atoms with E-state index in [1.807, 2.05) is 17.8 Å².